The van der Waals surface area contributed by atoms with Crippen LogP contribution in [0.4, 0.5) is 5.69 Å². The fourth-order valence-corrected chi connectivity index (χ4v) is 3.94. The minimum Gasteiger partial charge on any atom is -0.385 e. The first-order valence-electron chi connectivity index (χ1n) is 9.91. The standard InChI is InChI=1S/C25H27NOS/c1-2-3-19-28-24-15-13-23(14-16-24)26-18-17-25(27)22-11-9-21(10-12-22)20-7-5-4-6-8-20/h4-16,26H,2-3,17-19H2,1H3. The van der Waals surface area contributed by atoms with Crippen molar-refractivity contribution in [3.05, 3.63) is 84.4 Å². The number of rotatable bonds is 10. The van der Waals surface area contributed by atoms with E-state index in [9.17, 15) is 4.79 Å². The van der Waals surface area contributed by atoms with Crippen LogP contribution >= 0.6 is 11.8 Å². The molecule has 0 heterocycles. The van der Waals surface area contributed by atoms with Gasteiger partial charge in [-0.15, -0.1) is 11.8 Å². The number of carbonyl (C=O) groups excluding carboxylic acids is 1. The van der Waals surface area contributed by atoms with E-state index in [0.717, 1.165) is 16.8 Å². The minimum atomic E-state index is 0.166. The van der Waals surface area contributed by atoms with Crippen molar-refractivity contribution in [2.75, 3.05) is 17.6 Å². The van der Waals surface area contributed by atoms with Crippen molar-refractivity contribution in [2.45, 2.75) is 31.1 Å². The van der Waals surface area contributed by atoms with Gasteiger partial charge in [0.25, 0.3) is 0 Å². The molecule has 3 aromatic rings. The Labute approximate surface area is 172 Å². The maximum atomic E-state index is 12.4. The molecular formula is C25H27NOS. The van der Waals surface area contributed by atoms with Crippen LogP contribution in [-0.4, -0.2) is 18.1 Å². The van der Waals surface area contributed by atoms with Gasteiger partial charge in [0.05, 0.1) is 0 Å². The van der Waals surface area contributed by atoms with Crippen molar-refractivity contribution in [3.8, 4) is 11.1 Å². The van der Waals surface area contributed by atoms with E-state index in [-0.39, 0.29) is 5.78 Å². The van der Waals surface area contributed by atoms with Crippen molar-refractivity contribution in [1.29, 1.82) is 0 Å². The highest BCUT2D eigenvalue weighted by molar-refractivity contribution is 7.99. The van der Waals surface area contributed by atoms with Crippen LogP contribution in [0.25, 0.3) is 11.1 Å². The second-order valence-electron chi connectivity index (χ2n) is 6.77. The van der Waals surface area contributed by atoms with E-state index in [1.54, 1.807) is 0 Å². The molecular weight excluding hydrogens is 362 g/mol. The molecule has 0 fully saturated rings. The Morgan fingerprint density at radius 3 is 2.21 bits per heavy atom. The molecule has 3 rings (SSSR count). The summed E-state index contributed by atoms with van der Waals surface area (Å²) in [6, 6.07) is 26.6. The summed E-state index contributed by atoms with van der Waals surface area (Å²) in [5, 5.41) is 3.35. The first-order valence-corrected chi connectivity index (χ1v) is 10.9. The van der Waals surface area contributed by atoms with E-state index in [1.165, 1.54) is 29.1 Å². The molecule has 2 nitrogen and oxygen atoms in total. The summed E-state index contributed by atoms with van der Waals surface area (Å²) in [6.07, 6.45) is 2.96. The third-order valence-corrected chi connectivity index (χ3v) is 5.71. The highest BCUT2D eigenvalue weighted by Crippen LogP contribution is 2.22. The third-order valence-electron chi connectivity index (χ3n) is 4.62. The van der Waals surface area contributed by atoms with Crippen LogP contribution in [0.5, 0.6) is 0 Å². The van der Waals surface area contributed by atoms with Crippen LogP contribution in [0.1, 0.15) is 36.5 Å². The molecule has 0 saturated heterocycles. The summed E-state index contributed by atoms with van der Waals surface area (Å²) in [5.74, 6) is 1.33. The summed E-state index contributed by atoms with van der Waals surface area (Å²) < 4.78 is 0. The Hall–Kier alpha value is -2.52. The predicted octanol–water partition coefficient (Wildman–Crippen LogP) is 6.93. The van der Waals surface area contributed by atoms with Crippen molar-refractivity contribution < 1.29 is 4.79 Å². The van der Waals surface area contributed by atoms with Gasteiger partial charge in [-0.25, -0.2) is 0 Å². The maximum Gasteiger partial charge on any atom is 0.164 e. The first kappa shape index (κ1) is 20.2. The number of ketones is 1. The van der Waals surface area contributed by atoms with Crippen LogP contribution in [0.2, 0.25) is 0 Å². The number of benzene rings is 3. The van der Waals surface area contributed by atoms with Gasteiger partial charge in [-0.05, 0) is 47.6 Å². The highest BCUT2D eigenvalue weighted by atomic mass is 32.2. The number of thioether (sulfide) groups is 1. The average Bonchev–Trinajstić information content (AvgIpc) is 2.76. The molecule has 0 aromatic heterocycles. The van der Waals surface area contributed by atoms with Gasteiger partial charge < -0.3 is 5.32 Å². The Morgan fingerprint density at radius 2 is 1.54 bits per heavy atom. The van der Waals surface area contributed by atoms with Gasteiger partial charge in [0.15, 0.2) is 5.78 Å². The van der Waals surface area contributed by atoms with Gasteiger partial charge in [0.1, 0.15) is 0 Å². The van der Waals surface area contributed by atoms with Crippen molar-refractivity contribution in [3.63, 3.8) is 0 Å². The number of Topliss-reactive ketones (excluding diaryl/α,β-unsaturated/α-hetero) is 1. The molecule has 0 atom stereocenters. The lowest BCUT2D eigenvalue weighted by atomic mass is 10.0. The Balaban J connectivity index is 1.46. The first-order chi connectivity index (χ1) is 13.8. The van der Waals surface area contributed by atoms with Crippen LogP contribution in [-0.2, 0) is 0 Å². The minimum absolute atomic E-state index is 0.166. The van der Waals surface area contributed by atoms with Gasteiger partial charge in [-0.2, -0.15) is 0 Å². The van der Waals surface area contributed by atoms with E-state index in [2.05, 4.69) is 48.6 Å². The van der Waals surface area contributed by atoms with Crippen molar-refractivity contribution in [2.24, 2.45) is 0 Å². The molecule has 0 aliphatic carbocycles. The molecule has 3 heteroatoms. The lowest BCUT2D eigenvalue weighted by Gasteiger charge is -2.08. The van der Waals surface area contributed by atoms with Crippen molar-refractivity contribution >= 4 is 23.2 Å². The molecule has 0 radical (unpaired) electrons. The van der Waals surface area contributed by atoms with Gasteiger partial charge in [0.2, 0.25) is 0 Å². The molecule has 144 valence electrons. The lowest BCUT2D eigenvalue weighted by Crippen LogP contribution is -2.08. The molecule has 0 saturated carbocycles. The smallest absolute Gasteiger partial charge is 0.164 e. The number of unbranched alkanes of at least 4 members (excludes halogenated alkanes) is 1. The number of nitrogens with one attached hydrogen (secondary N) is 1. The summed E-state index contributed by atoms with van der Waals surface area (Å²) in [6.45, 7) is 2.86. The van der Waals surface area contributed by atoms with Crippen LogP contribution in [0, 0.1) is 0 Å². The quantitative estimate of drug-likeness (QED) is 0.231. The topological polar surface area (TPSA) is 29.1 Å². The zero-order chi connectivity index (χ0) is 19.6. The van der Waals surface area contributed by atoms with E-state index < -0.39 is 0 Å². The van der Waals surface area contributed by atoms with Gasteiger partial charge in [-0.3, -0.25) is 4.79 Å². The Bertz CT molecular complexity index is 857. The molecule has 0 aliphatic heterocycles. The molecule has 0 aliphatic rings. The molecule has 0 spiro atoms. The fourth-order valence-electron chi connectivity index (χ4n) is 2.95. The maximum absolute atomic E-state index is 12.4. The normalized spacial score (nSPS) is 10.6. The SMILES string of the molecule is CCCCSc1ccc(NCCC(=O)c2ccc(-c3ccccc3)cc2)cc1. The number of hydrogen-bond donors (Lipinski definition) is 1. The molecule has 3 aromatic carbocycles. The van der Waals surface area contributed by atoms with E-state index in [0.29, 0.717) is 13.0 Å². The zero-order valence-electron chi connectivity index (χ0n) is 16.4. The summed E-state index contributed by atoms with van der Waals surface area (Å²) in [7, 11) is 0. The summed E-state index contributed by atoms with van der Waals surface area (Å²) >= 11 is 1.90. The second kappa shape index (κ2) is 10.7. The van der Waals surface area contributed by atoms with Crippen LogP contribution in [0.15, 0.2) is 83.8 Å². The van der Waals surface area contributed by atoms with Gasteiger partial charge >= 0.3 is 0 Å². The van der Waals surface area contributed by atoms with Crippen LogP contribution < -0.4 is 5.32 Å². The predicted molar refractivity (Wildman–Crippen MR) is 121 cm³/mol. The fraction of sp³-hybridized carbons (Fsp3) is 0.240. The second-order valence-corrected chi connectivity index (χ2v) is 7.94. The van der Waals surface area contributed by atoms with Crippen LogP contribution in [0.3, 0.4) is 0 Å². The van der Waals surface area contributed by atoms with E-state index in [4.69, 9.17) is 0 Å². The lowest BCUT2D eigenvalue weighted by molar-refractivity contribution is 0.0986. The monoisotopic (exact) mass is 389 g/mol. The highest BCUT2D eigenvalue weighted by Gasteiger charge is 2.06. The summed E-state index contributed by atoms with van der Waals surface area (Å²) in [4.78, 5) is 13.7. The Kier molecular flexibility index (Phi) is 7.74. The zero-order valence-corrected chi connectivity index (χ0v) is 17.2. The Morgan fingerprint density at radius 1 is 0.857 bits per heavy atom. The van der Waals surface area contributed by atoms with Gasteiger partial charge in [-0.1, -0.05) is 67.9 Å². The third kappa shape index (κ3) is 6.00. The number of carbonyl (C=O) groups is 1. The molecule has 0 unspecified atom stereocenters. The molecule has 0 bridgehead atoms. The number of anilines is 1. The van der Waals surface area contributed by atoms with Crippen molar-refractivity contribution in [1.82, 2.24) is 0 Å². The van der Waals surface area contributed by atoms with E-state index >= 15 is 0 Å². The largest absolute Gasteiger partial charge is 0.385 e. The molecule has 1 N–H and O–H groups in total. The summed E-state index contributed by atoms with van der Waals surface area (Å²) in [5.41, 5.74) is 4.13. The number of hydrogen-bond acceptors (Lipinski definition) is 3. The van der Waals surface area contributed by atoms with Gasteiger partial charge in [0, 0.05) is 29.1 Å². The average molecular weight is 390 g/mol. The molecule has 28 heavy (non-hydrogen) atoms. The molecule has 0 amide bonds. The van der Waals surface area contributed by atoms with E-state index in [1.807, 2.05) is 54.2 Å².